The molecule has 0 spiro atoms. The van der Waals surface area contributed by atoms with Gasteiger partial charge in [-0.2, -0.15) is 18.1 Å². The Morgan fingerprint density at radius 2 is 1.55 bits per heavy atom. The maximum atomic E-state index is 14.5. The van der Waals surface area contributed by atoms with Gasteiger partial charge in [0.2, 0.25) is 5.91 Å². The van der Waals surface area contributed by atoms with Crippen molar-refractivity contribution >= 4 is 5.91 Å². The zero-order chi connectivity index (χ0) is 41.4. The molecule has 0 aliphatic carbocycles. The van der Waals surface area contributed by atoms with Crippen molar-refractivity contribution in [1.29, 1.82) is 0 Å². The number of halogens is 4. The predicted octanol–water partition coefficient (Wildman–Crippen LogP) is -1.82. The minimum atomic E-state index is -4.62. The van der Waals surface area contributed by atoms with E-state index in [0.29, 0.717) is 18.7 Å². The van der Waals surface area contributed by atoms with Crippen molar-refractivity contribution in [2.24, 2.45) is 5.92 Å². The third kappa shape index (κ3) is 6.89. The molecular formula is C32H50F4N4O13. The van der Waals surface area contributed by atoms with E-state index in [-0.39, 0.29) is 16.7 Å². The third-order valence-corrected chi connectivity index (χ3v) is 10.6. The van der Waals surface area contributed by atoms with Crippen LogP contribution in [0, 0.1) is 18.7 Å². The lowest BCUT2D eigenvalue weighted by Gasteiger charge is -2.69. The van der Waals surface area contributed by atoms with E-state index in [9.17, 15) is 78.5 Å². The number of aryl methyl sites for hydroxylation is 1. The second kappa shape index (κ2) is 14.2. The molecule has 8 unspecified atom stereocenters. The lowest BCUT2D eigenvalue weighted by atomic mass is 9.68. The van der Waals surface area contributed by atoms with Crippen LogP contribution in [0.2, 0.25) is 0 Å². The zero-order valence-electron chi connectivity index (χ0n) is 30.4. The van der Waals surface area contributed by atoms with Crippen LogP contribution in [0.5, 0.6) is 0 Å². The summed E-state index contributed by atoms with van der Waals surface area (Å²) in [5, 5.41) is 128. The molecule has 2 heterocycles. The van der Waals surface area contributed by atoms with E-state index < -0.39 is 112 Å². The number of benzene rings is 1. The van der Waals surface area contributed by atoms with Gasteiger partial charge in [0.1, 0.15) is 17.5 Å². The van der Waals surface area contributed by atoms with Crippen molar-refractivity contribution in [3.63, 3.8) is 0 Å². The van der Waals surface area contributed by atoms with E-state index in [1.165, 1.54) is 20.9 Å². The van der Waals surface area contributed by atoms with Gasteiger partial charge in [-0.25, -0.2) is 9.29 Å². The number of alkyl halides is 3. The minimum Gasteiger partial charge on any atom is -0.386 e. The van der Waals surface area contributed by atoms with Crippen LogP contribution < -0.4 is 0 Å². The average Bonchev–Trinajstić information content (AvgIpc) is 3.00. The Bertz CT molecular complexity index is 1540. The van der Waals surface area contributed by atoms with Crippen LogP contribution in [0.4, 0.5) is 17.6 Å². The highest BCUT2D eigenvalue weighted by atomic mass is 19.4. The van der Waals surface area contributed by atoms with Crippen molar-refractivity contribution < 1.29 is 83.3 Å². The fourth-order valence-electron chi connectivity index (χ4n) is 7.38. The van der Waals surface area contributed by atoms with Crippen molar-refractivity contribution in [2.45, 2.75) is 126 Å². The summed E-state index contributed by atoms with van der Waals surface area (Å²) in [5.74, 6) is -21.8. The van der Waals surface area contributed by atoms with Gasteiger partial charge in [-0.3, -0.25) is 14.6 Å². The molecule has 2 saturated heterocycles. The maximum Gasteiger partial charge on any atom is 0.391 e. The van der Waals surface area contributed by atoms with Crippen LogP contribution in [0.1, 0.15) is 64.6 Å². The molecule has 0 bridgehead atoms. The standard InChI is InChI=1S/C32H50F4N4O13/c1-10-27(44)22(21-12-11-20(33)14-16(21)3)39(25(53-9)37(8)18(5)15(2)13-17(4)29(34,35)36)30(47,48)28(45,46)23(27)40-26(7,43)24(42)38(19(6)41)31(49,50)32(40,51)52/h11-12,14,17-18,22-25,42-52H,2,10,13H2,1,3-9H3. The van der Waals surface area contributed by atoms with Crippen molar-refractivity contribution in [3.8, 4) is 0 Å². The molecule has 1 aromatic carbocycles. The Balaban J connectivity index is 2.44. The highest BCUT2D eigenvalue weighted by Gasteiger charge is 2.81. The first-order valence-corrected chi connectivity index (χ1v) is 16.3. The summed E-state index contributed by atoms with van der Waals surface area (Å²) >= 11 is 0. The second-order valence-corrected chi connectivity index (χ2v) is 14.1. The Kier molecular flexibility index (Phi) is 12.1. The molecule has 0 aromatic heterocycles. The van der Waals surface area contributed by atoms with Crippen molar-refractivity contribution in [3.05, 3.63) is 47.3 Å². The highest BCUT2D eigenvalue weighted by molar-refractivity contribution is 5.74. The molecule has 8 atom stereocenters. The quantitative estimate of drug-likeness (QED) is 0.0711. The van der Waals surface area contributed by atoms with Crippen LogP contribution in [0.3, 0.4) is 0 Å². The number of carbonyl (C=O) groups excluding carboxylic acids is 1. The zero-order valence-corrected chi connectivity index (χ0v) is 30.4. The van der Waals surface area contributed by atoms with Gasteiger partial charge in [-0.15, -0.1) is 0 Å². The summed E-state index contributed by atoms with van der Waals surface area (Å²) in [4.78, 5) is 13.0. The first-order chi connectivity index (χ1) is 23.8. The second-order valence-electron chi connectivity index (χ2n) is 14.1. The summed E-state index contributed by atoms with van der Waals surface area (Å²) in [7, 11) is 2.18. The van der Waals surface area contributed by atoms with E-state index >= 15 is 0 Å². The van der Waals surface area contributed by atoms with Gasteiger partial charge < -0.3 is 60.9 Å². The van der Waals surface area contributed by atoms with Crippen LogP contribution in [-0.4, -0.2) is 162 Å². The highest BCUT2D eigenvalue weighted by Crippen LogP contribution is 2.57. The first kappa shape index (κ1) is 44.9. The Hall–Kier alpha value is -2.45. The predicted molar refractivity (Wildman–Crippen MR) is 171 cm³/mol. The number of aliphatic hydroxyl groups excluding tert-OH is 1. The minimum absolute atomic E-state index is 0.0591. The van der Waals surface area contributed by atoms with E-state index in [4.69, 9.17) is 4.74 Å². The number of aliphatic hydroxyl groups is 11. The average molecular weight is 775 g/mol. The molecule has 2 aliphatic heterocycles. The summed E-state index contributed by atoms with van der Waals surface area (Å²) in [5.41, 5.74) is -6.98. The lowest BCUT2D eigenvalue weighted by molar-refractivity contribution is -0.559. The number of nitrogens with zero attached hydrogens (tertiary/aromatic N) is 4. The number of rotatable bonds is 10. The summed E-state index contributed by atoms with van der Waals surface area (Å²) < 4.78 is 60.4. The number of methoxy groups -OCH3 is 1. The molecule has 2 aliphatic rings. The van der Waals surface area contributed by atoms with Crippen LogP contribution in [0.25, 0.3) is 0 Å². The largest absolute Gasteiger partial charge is 0.391 e. The molecule has 0 saturated carbocycles. The summed E-state index contributed by atoms with van der Waals surface area (Å²) in [6.07, 6.45) is -11.0. The van der Waals surface area contributed by atoms with Gasteiger partial charge in [0.15, 0.2) is 18.3 Å². The molecule has 17 nitrogen and oxygen atoms in total. The SMILES string of the molecule is C=C(CC(C)C(F)(F)F)C(C)N(C)C(OC)N1C(c2ccc(F)cc2C)C(O)(CC)C(N2C(C)(O)C(O)N(C(C)=O)C(O)(O)C2(O)O)C(O)(O)C1(O)O. The number of likely N-dealkylation sites (N-methyl/N-ethyl adjacent to an activating group) is 1. The van der Waals surface area contributed by atoms with Gasteiger partial charge >= 0.3 is 18.0 Å². The fourth-order valence-corrected chi connectivity index (χ4v) is 7.38. The molecule has 2 fully saturated rings. The summed E-state index contributed by atoms with van der Waals surface area (Å²) in [6.45, 7) is 9.58. The molecule has 304 valence electrons. The smallest absolute Gasteiger partial charge is 0.386 e. The number of amides is 1. The number of likely N-dealkylation sites (tertiary alicyclic amines) is 1. The van der Waals surface area contributed by atoms with Crippen LogP contribution in [-0.2, 0) is 9.53 Å². The Morgan fingerprint density at radius 3 is 1.98 bits per heavy atom. The monoisotopic (exact) mass is 774 g/mol. The van der Waals surface area contributed by atoms with Gasteiger partial charge in [0.05, 0.1) is 12.0 Å². The van der Waals surface area contributed by atoms with Gasteiger partial charge in [0.25, 0.3) is 11.7 Å². The summed E-state index contributed by atoms with van der Waals surface area (Å²) in [6, 6.07) is -3.68. The van der Waals surface area contributed by atoms with E-state index in [1.807, 2.05) is 0 Å². The van der Waals surface area contributed by atoms with Crippen molar-refractivity contribution in [2.75, 3.05) is 14.2 Å². The lowest BCUT2D eigenvalue weighted by Crippen LogP contribution is -2.94. The molecule has 0 radical (unpaired) electrons. The molecule has 11 N–H and O–H groups in total. The van der Waals surface area contributed by atoms with Crippen molar-refractivity contribution in [1.82, 2.24) is 19.6 Å². The topological polar surface area (TPSA) is 262 Å². The number of piperazine rings is 1. The number of hydrogen-bond acceptors (Lipinski definition) is 16. The van der Waals surface area contributed by atoms with Gasteiger partial charge in [-0.05, 0) is 63.9 Å². The molecule has 53 heavy (non-hydrogen) atoms. The first-order valence-electron chi connectivity index (χ1n) is 16.3. The van der Waals surface area contributed by atoms with Gasteiger partial charge in [0, 0.05) is 20.1 Å². The van der Waals surface area contributed by atoms with Crippen LogP contribution >= 0.6 is 0 Å². The van der Waals surface area contributed by atoms with E-state index in [0.717, 1.165) is 44.1 Å². The van der Waals surface area contributed by atoms with Crippen LogP contribution in [0.15, 0.2) is 30.4 Å². The molecule has 1 aromatic rings. The molecule has 21 heteroatoms. The number of carbonyl (C=O) groups is 1. The normalized spacial score (nSPS) is 32.0. The Morgan fingerprint density at radius 1 is 1.02 bits per heavy atom. The maximum absolute atomic E-state index is 14.5. The molecule has 1 amide bonds. The Labute approximate surface area is 302 Å². The molecule has 3 rings (SSSR count). The van der Waals surface area contributed by atoms with Gasteiger partial charge in [-0.1, -0.05) is 32.1 Å². The fraction of sp³-hybridized carbons (Fsp3) is 0.719. The third-order valence-electron chi connectivity index (χ3n) is 10.6. The molecular weight excluding hydrogens is 724 g/mol. The number of ether oxygens (including phenoxy) is 1. The number of hydrogen-bond donors (Lipinski definition) is 11. The van der Waals surface area contributed by atoms with E-state index in [2.05, 4.69) is 6.58 Å². The number of piperidine rings is 1. The van der Waals surface area contributed by atoms with E-state index in [1.54, 1.807) is 0 Å².